The summed E-state index contributed by atoms with van der Waals surface area (Å²) in [6, 6.07) is 21.9. The molecule has 0 bridgehead atoms. The van der Waals surface area contributed by atoms with Gasteiger partial charge in [-0.1, -0.05) is 64.1 Å². The van der Waals surface area contributed by atoms with Gasteiger partial charge in [0.05, 0.1) is 12.3 Å². The number of amides is 2. The molecule has 0 aliphatic carbocycles. The summed E-state index contributed by atoms with van der Waals surface area (Å²) in [5.74, 6) is -1.78. The molecule has 0 aliphatic heterocycles. The summed E-state index contributed by atoms with van der Waals surface area (Å²) >= 11 is 0. The predicted molar refractivity (Wildman–Crippen MR) is 139 cm³/mol. The van der Waals surface area contributed by atoms with Crippen LogP contribution in [0.4, 0.5) is 11.4 Å². The lowest BCUT2D eigenvalue weighted by molar-refractivity contribution is -0.141. The molecule has 6 heteroatoms. The fraction of sp³-hybridized carbons (Fsp3) is 0.276. The van der Waals surface area contributed by atoms with E-state index in [0.29, 0.717) is 23.4 Å². The van der Waals surface area contributed by atoms with Crippen LogP contribution in [-0.4, -0.2) is 22.9 Å². The number of hydrogen-bond donors (Lipinski definition) is 3. The van der Waals surface area contributed by atoms with E-state index in [2.05, 4.69) is 43.5 Å². The number of aliphatic carboxylic acids is 1. The Labute approximate surface area is 206 Å². The minimum absolute atomic E-state index is 0.0660. The van der Waals surface area contributed by atoms with Crippen molar-refractivity contribution in [2.75, 3.05) is 10.6 Å². The molecular weight excluding hydrogens is 440 g/mol. The number of rotatable bonds is 8. The van der Waals surface area contributed by atoms with Gasteiger partial charge in [-0.3, -0.25) is 14.4 Å². The predicted octanol–water partition coefficient (Wildman–Crippen LogP) is 5.68. The van der Waals surface area contributed by atoms with E-state index in [1.165, 1.54) is 5.56 Å². The third kappa shape index (κ3) is 7.54. The molecular formula is C29H32N2O4. The van der Waals surface area contributed by atoms with Gasteiger partial charge in [0.2, 0.25) is 5.91 Å². The molecule has 0 saturated heterocycles. The maximum absolute atomic E-state index is 12.6. The van der Waals surface area contributed by atoms with Crippen LogP contribution >= 0.6 is 0 Å². The number of benzene rings is 3. The topological polar surface area (TPSA) is 95.5 Å². The summed E-state index contributed by atoms with van der Waals surface area (Å²) < 4.78 is 0. The number of carboxylic acids is 1. The van der Waals surface area contributed by atoms with Crippen molar-refractivity contribution in [3.63, 3.8) is 0 Å². The minimum atomic E-state index is -0.856. The van der Waals surface area contributed by atoms with Crippen LogP contribution in [0.25, 0.3) is 0 Å². The first kappa shape index (κ1) is 25.7. The molecule has 0 fully saturated rings. The molecule has 35 heavy (non-hydrogen) atoms. The fourth-order valence-corrected chi connectivity index (χ4v) is 3.64. The second-order valence-corrected chi connectivity index (χ2v) is 9.85. The molecule has 3 aromatic carbocycles. The zero-order valence-electron chi connectivity index (χ0n) is 20.6. The van der Waals surface area contributed by atoms with E-state index >= 15 is 0 Å². The number of carboxylic acid groups (broad SMARTS) is 1. The highest BCUT2D eigenvalue weighted by Gasteiger charge is 2.14. The van der Waals surface area contributed by atoms with Crippen molar-refractivity contribution in [1.82, 2.24) is 0 Å². The van der Waals surface area contributed by atoms with Crippen molar-refractivity contribution in [2.24, 2.45) is 5.92 Å². The molecule has 2 amide bonds. The standard InChI is InChI=1S/C29H32N2O4/c1-19(28(34)35)16-21-6-5-7-25(17-21)31-27(33)22-10-14-24(15-11-22)30-26(32)18-20-8-12-23(13-9-20)29(2,3)4/h5-15,17,19H,16,18H2,1-4H3,(H,30,32)(H,31,33)(H,34,35)/t19-/m0/s1. The summed E-state index contributed by atoms with van der Waals surface area (Å²) in [6.07, 6.45) is 0.650. The van der Waals surface area contributed by atoms with Gasteiger partial charge >= 0.3 is 5.97 Å². The normalized spacial score (nSPS) is 12.0. The number of carbonyl (C=O) groups is 3. The zero-order valence-corrected chi connectivity index (χ0v) is 20.6. The van der Waals surface area contributed by atoms with Gasteiger partial charge in [0.25, 0.3) is 5.91 Å². The monoisotopic (exact) mass is 472 g/mol. The van der Waals surface area contributed by atoms with E-state index in [0.717, 1.165) is 11.1 Å². The average Bonchev–Trinajstić information content (AvgIpc) is 2.79. The number of hydrogen-bond acceptors (Lipinski definition) is 3. The Morgan fingerprint density at radius 1 is 0.829 bits per heavy atom. The minimum Gasteiger partial charge on any atom is -0.481 e. The molecule has 182 valence electrons. The molecule has 0 saturated carbocycles. The third-order valence-corrected chi connectivity index (χ3v) is 5.76. The zero-order chi connectivity index (χ0) is 25.6. The van der Waals surface area contributed by atoms with Crippen LogP contribution in [0, 0.1) is 5.92 Å². The Balaban J connectivity index is 1.56. The lowest BCUT2D eigenvalue weighted by Gasteiger charge is -2.19. The molecule has 0 aromatic heterocycles. The Bertz CT molecular complexity index is 1190. The van der Waals surface area contributed by atoms with Crippen LogP contribution in [0.5, 0.6) is 0 Å². The SMILES string of the molecule is C[C@@H](Cc1cccc(NC(=O)c2ccc(NC(=O)Cc3ccc(C(C)(C)C)cc3)cc2)c1)C(=O)O. The van der Waals surface area contributed by atoms with Gasteiger partial charge in [-0.15, -0.1) is 0 Å². The van der Waals surface area contributed by atoms with Crippen molar-refractivity contribution in [2.45, 2.75) is 46.0 Å². The Morgan fingerprint density at radius 3 is 2.09 bits per heavy atom. The first-order valence-electron chi connectivity index (χ1n) is 11.6. The number of nitrogens with one attached hydrogen (secondary N) is 2. The molecule has 3 aromatic rings. The molecule has 0 unspecified atom stereocenters. The Hall–Kier alpha value is -3.93. The third-order valence-electron chi connectivity index (χ3n) is 5.76. The van der Waals surface area contributed by atoms with Gasteiger partial charge in [-0.25, -0.2) is 0 Å². The molecule has 0 spiro atoms. The van der Waals surface area contributed by atoms with Gasteiger partial charge in [0, 0.05) is 16.9 Å². The van der Waals surface area contributed by atoms with E-state index < -0.39 is 11.9 Å². The van der Waals surface area contributed by atoms with Crippen LogP contribution in [0.1, 0.15) is 54.7 Å². The Kier molecular flexibility index (Phi) is 8.07. The Morgan fingerprint density at radius 2 is 1.49 bits per heavy atom. The van der Waals surface area contributed by atoms with Crippen LogP contribution in [0.2, 0.25) is 0 Å². The molecule has 6 nitrogen and oxygen atoms in total. The van der Waals surface area contributed by atoms with Crippen molar-refractivity contribution in [3.05, 3.63) is 95.1 Å². The quantitative estimate of drug-likeness (QED) is 0.393. The van der Waals surface area contributed by atoms with Crippen molar-refractivity contribution < 1.29 is 19.5 Å². The van der Waals surface area contributed by atoms with E-state index in [1.807, 2.05) is 18.2 Å². The second-order valence-electron chi connectivity index (χ2n) is 9.85. The average molecular weight is 473 g/mol. The molecule has 0 radical (unpaired) electrons. The van der Waals surface area contributed by atoms with Crippen LogP contribution in [0.3, 0.4) is 0 Å². The van der Waals surface area contributed by atoms with Gasteiger partial charge in [-0.2, -0.15) is 0 Å². The lowest BCUT2D eigenvalue weighted by atomic mass is 9.86. The van der Waals surface area contributed by atoms with Gasteiger partial charge < -0.3 is 15.7 Å². The van der Waals surface area contributed by atoms with Crippen molar-refractivity contribution in [1.29, 1.82) is 0 Å². The summed E-state index contributed by atoms with van der Waals surface area (Å²) in [7, 11) is 0. The summed E-state index contributed by atoms with van der Waals surface area (Å²) in [4.78, 5) is 36.2. The fourth-order valence-electron chi connectivity index (χ4n) is 3.64. The maximum atomic E-state index is 12.6. The van der Waals surface area contributed by atoms with Crippen molar-refractivity contribution in [3.8, 4) is 0 Å². The second kappa shape index (κ2) is 11.0. The summed E-state index contributed by atoms with van der Waals surface area (Å²) in [5, 5.41) is 14.8. The van der Waals surface area contributed by atoms with Crippen LogP contribution < -0.4 is 10.6 Å². The summed E-state index contributed by atoms with van der Waals surface area (Å²) in [5.41, 5.74) is 4.72. The molecule has 0 aliphatic rings. The van der Waals surface area contributed by atoms with Crippen molar-refractivity contribution >= 4 is 29.2 Å². The maximum Gasteiger partial charge on any atom is 0.306 e. The first-order chi connectivity index (χ1) is 16.5. The summed E-state index contributed by atoms with van der Waals surface area (Å²) in [6.45, 7) is 8.10. The number of carbonyl (C=O) groups excluding carboxylic acids is 2. The molecule has 3 rings (SSSR count). The first-order valence-corrected chi connectivity index (χ1v) is 11.6. The number of anilines is 2. The van der Waals surface area contributed by atoms with E-state index in [1.54, 1.807) is 49.4 Å². The van der Waals surface area contributed by atoms with E-state index in [-0.39, 0.29) is 23.7 Å². The van der Waals surface area contributed by atoms with Crippen LogP contribution in [-0.2, 0) is 27.8 Å². The highest BCUT2D eigenvalue weighted by molar-refractivity contribution is 6.04. The largest absolute Gasteiger partial charge is 0.481 e. The van der Waals surface area contributed by atoms with E-state index in [4.69, 9.17) is 5.11 Å². The van der Waals surface area contributed by atoms with Crippen LogP contribution in [0.15, 0.2) is 72.8 Å². The van der Waals surface area contributed by atoms with Gasteiger partial charge in [0.15, 0.2) is 0 Å². The molecule has 1 atom stereocenters. The van der Waals surface area contributed by atoms with Gasteiger partial charge in [0.1, 0.15) is 0 Å². The molecule has 3 N–H and O–H groups in total. The smallest absolute Gasteiger partial charge is 0.306 e. The highest BCUT2D eigenvalue weighted by Crippen LogP contribution is 2.22. The van der Waals surface area contributed by atoms with E-state index in [9.17, 15) is 14.4 Å². The lowest BCUT2D eigenvalue weighted by Crippen LogP contribution is -2.16. The highest BCUT2D eigenvalue weighted by atomic mass is 16.4. The molecule has 0 heterocycles. The van der Waals surface area contributed by atoms with Gasteiger partial charge in [-0.05, 0) is 64.9 Å².